The third-order valence-corrected chi connectivity index (χ3v) is 6.17. The van der Waals surface area contributed by atoms with Gasteiger partial charge >= 0.3 is 0 Å². The van der Waals surface area contributed by atoms with E-state index in [1.54, 1.807) is 0 Å². The van der Waals surface area contributed by atoms with Crippen LogP contribution in [-0.4, -0.2) is 23.8 Å². The molecule has 3 rings (SSSR count). The number of hydrogen-bond acceptors (Lipinski definition) is 2. The van der Waals surface area contributed by atoms with Crippen molar-refractivity contribution < 1.29 is 4.74 Å². The number of rotatable bonds is 4. The molecular formula is C19H35NO. The number of hydrogen-bond donors (Lipinski definition) is 1. The van der Waals surface area contributed by atoms with Crippen LogP contribution in [0.25, 0.3) is 0 Å². The van der Waals surface area contributed by atoms with Crippen LogP contribution in [0.5, 0.6) is 0 Å². The van der Waals surface area contributed by atoms with Gasteiger partial charge in [-0.25, -0.2) is 0 Å². The highest BCUT2D eigenvalue weighted by atomic mass is 16.5. The van der Waals surface area contributed by atoms with Crippen molar-refractivity contribution in [3.05, 3.63) is 0 Å². The molecule has 2 nitrogen and oxygen atoms in total. The minimum absolute atomic E-state index is 0.240. The van der Waals surface area contributed by atoms with Crippen molar-refractivity contribution in [3.8, 4) is 0 Å². The smallest absolute Gasteiger partial charge is 0.0687 e. The quantitative estimate of drug-likeness (QED) is 0.802. The van der Waals surface area contributed by atoms with E-state index in [0.29, 0.717) is 17.1 Å². The van der Waals surface area contributed by atoms with Crippen molar-refractivity contribution in [1.82, 2.24) is 5.32 Å². The van der Waals surface area contributed by atoms with Crippen LogP contribution in [0.2, 0.25) is 0 Å². The molecule has 0 amide bonds. The molecule has 1 N–H and O–H groups in total. The lowest BCUT2D eigenvalue weighted by Crippen LogP contribution is -2.48. The molecule has 0 aromatic carbocycles. The molecule has 1 unspecified atom stereocenters. The van der Waals surface area contributed by atoms with Gasteiger partial charge in [0.2, 0.25) is 0 Å². The van der Waals surface area contributed by atoms with Gasteiger partial charge in [0.1, 0.15) is 0 Å². The molecule has 2 aliphatic carbocycles. The largest absolute Gasteiger partial charge is 0.372 e. The van der Waals surface area contributed by atoms with Crippen LogP contribution >= 0.6 is 0 Å². The normalized spacial score (nSPS) is 31.3. The first-order valence-electron chi connectivity index (χ1n) is 9.33. The van der Waals surface area contributed by atoms with Gasteiger partial charge in [0, 0.05) is 12.1 Å². The average molecular weight is 293 g/mol. The fraction of sp³-hybridized carbons (Fsp3) is 1.00. The van der Waals surface area contributed by atoms with Crippen molar-refractivity contribution in [2.75, 3.05) is 6.54 Å². The monoisotopic (exact) mass is 293 g/mol. The Morgan fingerprint density at radius 1 is 0.952 bits per heavy atom. The lowest BCUT2D eigenvalue weighted by atomic mass is 9.65. The van der Waals surface area contributed by atoms with E-state index in [9.17, 15) is 0 Å². The molecule has 122 valence electrons. The van der Waals surface area contributed by atoms with Crippen LogP contribution in [-0.2, 0) is 4.74 Å². The molecule has 0 aromatic heterocycles. The second-order valence-corrected chi connectivity index (χ2v) is 9.18. The first-order chi connectivity index (χ1) is 9.91. The second kappa shape index (κ2) is 5.85. The molecular weight excluding hydrogens is 258 g/mol. The minimum atomic E-state index is 0.240. The summed E-state index contributed by atoms with van der Waals surface area (Å²) in [6.45, 7) is 8.02. The van der Waals surface area contributed by atoms with E-state index in [0.717, 1.165) is 0 Å². The zero-order valence-electron chi connectivity index (χ0n) is 14.5. The van der Waals surface area contributed by atoms with Gasteiger partial charge in [0.15, 0.2) is 0 Å². The summed E-state index contributed by atoms with van der Waals surface area (Å²) >= 11 is 0. The van der Waals surface area contributed by atoms with E-state index in [2.05, 4.69) is 26.1 Å². The third kappa shape index (κ3) is 3.82. The summed E-state index contributed by atoms with van der Waals surface area (Å²) in [5, 5.41) is 3.75. The first-order valence-corrected chi connectivity index (χ1v) is 9.33. The van der Waals surface area contributed by atoms with Gasteiger partial charge in [0.25, 0.3) is 0 Å². The van der Waals surface area contributed by atoms with Crippen LogP contribution in [0.3, 0.4) is 0 Å². The first kappa shape index (κ1) is 15.8. The molecule has 21 heavy (non-hydrogen) atoms. The van der Waals surface area contributed by atoms with Gasteiger partial charge in [-0.15, -0.1) is 0 Å². The zero-order chi connectivity index (χ0) is 15.0. The van der Waals surface area contributed by atoms with E-state index in [1.807, 2.05) is 0 Å². The molecule has 3 aliphatic rings. The molecule has 1 atom stereocenters. The van der Waals surface area contributed by atoms with E-state index in [1.165, 1.54) is 77.2 Å². The molecule has 3 fully saturated rings. The Bertz CT molecular complexity index is 347. The van der Waals surface area contributed by atoms with Crippen LogP contribution in [0, 0.1) is 5.41 Å². The summed E-state index contributed by atoms with van der Waals surface area (Å²) in [5.41, 5.74) is 1.08. The molecule has 1 heterocycles. The Balaban J connectivity index is 1.53. The summed E-state index contributed by atoms with van der Waals surface area (Å²) in [6.07, 6.45) is 15.6. The average Bonchev–Trinajstić information content (AvgIpc) is 2.75. The van der Waals surface area contributed by atoms with Crippen molar-refractivity contribution in [1.29, 1.82) is 0 Å². The van der Waals surface area contributed by atoms with Crippen molar-refractivity contribution >= 4 is 0 Å². The number of nitrogens with one attached hydrogen (secondary N) is 1. The van der Waals surface area contributed by atoms with Crippen molar-refractivity contribution in [2.45, 2.75) is 109 Å². The maximum absolute atomic E-state index is 6.63. The van der Waals surface area contributed by atoms with Crippen LogP contribution in [0.4, 0.5) is 0 Å². The van der Waals surface area contributed by atoms with E-state index < -0.39 is 0 Å². The summed E-state index contributed by atoms with van der Waals surface area (Å²) in [6, 6.07) is 0. The van der Waals surface area contributed by atoms with E-state index >= 15 is 0 Å². The maximum atomic E-state index is 6.63. The van der Waals surface area contributed by atoms with Gasteiger partial charge in [-0.05, 0) is 71.1 Å². The summed E-state index contributed by atoms with van der Waals surface area (Å²) in [5.74, 6) is 0. The lowest BCUT2D eigenvalue weighted by molar-refractivity contribution is -0.0852. The van der Waals surface area contributed by atoms with Gasteiger partial charge < -0.3 is 10.1 Å². The minimum Gasteiger partial charge on any atom is -0.372 e. The molecule has 1 spiro atoms. The maximum Gasteiger partial charge on any atom is 0.0687 e. The fourth-order valence-corrected chi connectivity index (χ4v) is 4.67. The Labute approximate surface area is 131 Å². The van der Waals surface area contributed by atoms with Crippen LogP contribution in [0.15, 0.2) is 0 Å². The van der Waals surface area contributed by atoms with Crippen molar-refractivity contribution in [2.24, 2.45) is 5.41 Å². The lowest BCUT2D eigenvalue weighted by Gasteiger charge is -2.45. The number of ether oxygens (including phenoxy) is 1. The summed E-state index contributed by atoms with van der Waals surface area (Å²) in [4.78, 5) is 0. The molecule has 0 aromatic rings. The molecule has 1 saturated heterocycles. The molecule has 2 heteroatoms. The Morgan fingerprint density at radius 3 is 2.24 bits per heavy atom. The van der Waals surface area contributed by atoms with E-state index in [-0.39, 0.29) is 5.54 Å². The highest BCUT2D eigenvalue weighted by molar-refractivity contribution is 4.97. The highest BCUT2D eigenvalue weighted by Gasteiger charge is 2.45. The fourth-order valence-electron chi connectivity index (χ4n) is 4.67. The Hall–Kier alpha value is -0.0800. The molecule has 1 aliphatic heterocycles. The van der Waals surface area contributed by atoms with Gasteiger partial charge in [0.05, 0.1) is 11.7 Å². The predicted octanol–water partition coefficient (Wildman–Crippen LogP) is 4.82. The standard InChI is InChI=1S/C19H35NO/c1-17(2,3)20-15-18(9-7-10-18)14-16-8-13-19(21-16)11-5-4-6-12-19/h16,20H,4-15H2,1-3H3. The topological polar surface area (TPSA) is 21.3 Å². The van der Waals surface area contributed by atoms with Crippen molar-refractivity contribution in [3.63, 3.8) is 0 Å². The SMILES string of the molecule is CC(C)(C)NCC1(CC2CCC3(CCCCC3)O2)CCC1. The molecule has 0 radical (unpaired) electrons. The van der Waals surface area contributed by atoms with Crippen LogP contribution in [0.1, 0.15) is 91.4 Å². The highest BCUT2D eigenvalue weighted by Crippen LogP contribution is 2.49. The Kier molecular flexibility index (Phi) is 4.40. The Morgan fingerprint density at radius 2 is 1.67 bits per heavy atom. The van der Waals surface area contributed by atoms with E-state index in [4.69, 9.17) is 4.74 Å². The second-order valence-electron chi connectivity index (χ2n) is 9.18. The predicted molar refractivity (Wildman–Crippen MR) is 88.6 cm³/mol. The summed E-state index contributed by atoms with van der Waals surface area (Å²) in [7, 11) is 0. The summed E-state index contributed by atoms with van der Waals surface area (Å²) < 4.78 is 6.63. The van der Waals surface area contributed by atoms with Gasteiger partial charge in [-0.2, -0.15) is 0 Å². The van der Waals surface area contributed by atoms with Gasteiger partial charge in [-0.1, -0.05) is 25.7 Å². The zero-order valence-corrected chi connectivity index (χ0v) is 14.5. The molecule has 0 bridgehead atoms. The molecule has 2 saturated carbocycles. The van der Waals surface area contributed by atoms with Crippen LogP contribution < -0.4 is 5.32 Å². The van der Waals surface area contributed by atoms with Gasteiger partial charge in [-0.3, -0.25) is 0 Å². The third-order valence-electron chi connectivity index (χ3n) is 6.17.